The molecule has 0 aliphatic heterocycles. The van der Waals surface area contributed by atoms with Gasteiger partial charge in [0.2, 0.25) is 0 Å². The summed E-state index contributed by atoms with van der Waals surface area (Å²) in [5.41, 5.74) is 1.20. The predicted octanol–water partition coefficient (Wildman–Crippen LogP) is 2.80. The third-order valence-electron chi connectivity index (χ3n) is 2.72. The molecule has 0 amide bonds. The Balaban J connectivity index is 1.94. The van der Waals surface area contributed by atoms with Crippen molar-refractivity contribution in [1.29, 1.82) is 0 Å². The number of phenolic OH excluding ortho intramolecular Hbond substituents is 1. The monoisotopic (exact) mass is 255 g/mol. The zero-order valence-corrected chi connectivity index (χ0v) is 9.55. The largest absolute Gasteiger partial charge is 0.508 e. The van der Waals surface area contributed by atoms with E-state index in [1.54, 1.807) is 12.1 Å². The molecule has 2 rings (SSSR count). The fourth-order valence-corrected chi connectivity index (χ4v) is 2.05. The fraction of sp³-hybridized carbons (Fsp3) is 0.455. The van der Waals surface area contributed by atoms with E-state index in [2.05, 4.69) is 21.2 Å². The van der Waals surface area contributed by atoms with E-state index in [1.807, 2.05) is 6.07 Å². The first-order valence-electron chi connectivity index (χ1n) is 4.96. The zero-order valence-electron chi connectivity index (χ0n) is 7.96. The Morgan fingerprint density at radius 1 is 1.43 bits per heavy atom. The minimum absolute atomic E-state index is 0.310. The van der Waals surface area contributed by atoms with Gasteiger partial charge in [0.15, 0.2) is 0 Å². The van der Waals surface area contributed by atoms with Gasteiger partial charge in [-0.15, -0.1) is 0 Å². The summed E-state index contributed by atoms with van der Waals surface area (Å²) < 4.78 is 0.976. The molecule has 0 heterocycles. The van der Waals surface area contributed by atoms with E-state index < -0.39 is 0 Å². The lowest BCUT2D eigenvalue weighted by molar-refractivity contribution is 0.338. The molecule has 1 saturated carbocycles. The van der Waals surface area contributed by atoms with Crippen LogP contribution in [0.25, 0.3) is 0 Å². The molecule has 1 aromatic carbocycles. The molecule has 1 aliphatic carbocycles. The summed E-state index contributed by atoms with van der Waals surface area (Å²) in [5, 5.41) is 12.7. The molecular formula is C11H14BrNO. The molecule has 0 spiro atoms. The highest BCUT2D eigenvalue weighted by molar-refractivity contribution is 9.10. The van der Waals surface area contributed by atoms with Gasteiger partial charge in [-0.1, -0.05) is 28.4 Å². The normalized spacial score (nSPS) is 16.6. The van der Waals surface area contributed by atoms with Gasteiger partial charge in [0.1, 0.15) is 5.75 Å². The Hall–Kier alpha value is -0.540. The molecule has 0 atom stereocenters. The summed E-state index contributed by atoms with van der Waals surface area (Å²) >= 11 is 3.44. The van der Waals surface area contributed by atoms with Crippen molar-refractivity contribution in [2.45, 2.75) is 31.8 Å². The van der Waals surface area contributed by atoms with E-state index in [1.165, 1.54) is 24.8 Å². The van der Waals surface area contributed by atoms with Gasteiger partial charge in [-0.3, -0.25) is 0 Å². The van der Waals surface area contributed by atoms with E-state index >= 15 is 0 Å². The number of benzene rings is 1. The average molecular weight is 256 g/mol. The standard InChI is InChI=1S/C11H14BrNO/c12-11-6-10(14)5-4-8(11)7-13-9-2-1-3-9/h4-6,9,13-14H,1-3,7H2. The lowest BCUT2D eigenvalue weighted by Gasteiger charge is -2.26. The van der Waals surface area contributed by atoms with Gasteiger partial charge >= 0.3 is 0 Å². The molecule has 14 heavy (non-hydrogen) atoms. The van der Waals surface area contributed by atoms with Gasteiger partial charge < -0.3 is 10.4 Å². The number of hydrogen-bond donors (Lipinski definition) is 2. The van der Waals surface area contributed by atoms with E-state index in [0.717, 1.165) is 11.0 Å². The molecule has 0 unspecified atom stereocenters. The van der Waals surface area contributed by atoms with Gasteiger partial charge in [-0.2, -0.15) is 0 Å². The van der Waals surface area contributed by atoms with Crippen LogP contribution in [-0.2, 0) is 6.54 Å². The van der Waals surface area contributed by atoms with E-state index in [0.29, 0.717) is 11.8 Å². The Kier molecular flexibility index (Phi) is 3.08. The van der Waals surface area contributed by atoms with Crippen LogP contribution in [0, 0.1) is 0 Å². The Bertz CT molecular complexity index is 323. The van der Waals surface area contributed by atoms with Crippen LogP contribution in [-0.4, -0.2) is 11.1 Å². The fourth-order valence-electron chi connectivity index (χ4n) is 1.55. The lowest BCUT2D eigenvalue weighted by Crippen LogP contribution is -2.34. The maximum Gasteiger partial charge on any atom is 0.116 e. The summed E-state index contributed by atoms with van der Waals surface area (Å²) in [6.07, 6.45) is 3.96. The highest BCUT2D eigenvalue weighted by Gasteiger charge is 2.16. The first-order valence-corrected chi connectivity index (χ1v) is 5.76. The van der Waals surface area contributed by atoms with Crippen LogP contribution >= 0.6 is 15.9 Å². The van der Waals surface area contributed by atoms with Crippen molar-refractivity contribution in [3.8, 4) is 5.75 Å². The van der Waals surface area contributed by atoms with Gasteiger partial charge in [-0.25, -0.2) is 0 Å². The lowest BCUT2D eigenvalue weighted by atomic mass is 9.93. The molecule has 0 radical (unpaired) electrons. The summed E-state index contributed by atoms with van der Waals surface area (Å²) in [7, 11) is 0. The molecule has 2 N–H and O–H groups in total. The van der Waals surface area contributed by atoms with E-state index in [-0.39, 0.29) is 0 Å². The predicted molar refractivity (Wildman–Crippen MR) is 60.3 cm³/mol. The average Bonchev–Trinajstić information content (AvgIpc) is 2.05. The van der Waals surface area contributed by atoms with Crippen molar-refractivity contribution in [1.82, 2.24) is 5.32 Å². The number of halogens is 1. The Morgan fingerprint density at radius 2 is 2.21 bits per heavy atom. The molecule has 2 nitrogen and oxygen atoms in total. The first-order chi connectivity index (χ1) is 6.75. The zero-order chi connectivity index (χ0) is 9.97. The number of phenols is 1. The summed E-state index contributed by atoms with van der Waals surface area (Å²) in [6.45, 7) is 0.880. The highest BCUT2D eigenvalue weighted by atomic mass is 79.9. The quantitative estimate of drug-likeness (QED) is 0.871. The highest BCUT2D eigenvalue weighted by Crippen LogP contribution is 2.23. The molecular weight excluding hydrogens is 242 g/mol. The minimum Gasteiger partial charge on any atom is -0.508 e. The van der Waals surface area contributed by atoms with Crippen molar-refractivity contribution in [3.05, 3.63) is 28.2 Å². The maximum absolute atomic E-state index is 9.22. The molecule has 0 saturated heterocycles. The number of aromatic hydroxyl groups is 1. The van der Waals surface area contributed by atoms with Crippen LogP contribution in [0.3, 0.4) is 0 Å². The topological polar surface area (TPSA) is 32.3 Å². The first kappa shape index (κ1) is 9.99. The summed E-state index contributed by atoms with van der Waals surface area (Å²) in [5.74, 6) is 0.310. The number of rotatable bonds is 3. The van der Waals surface area contributed by atoms with Crippen LogP contribution in [0.5, 0.6) is 5.75 Å². The summed E-state index contributed by atoms with van der Waals surface area (Å²) in [6, 6.07) is 6.11. The second-order valence-electron chi connectivity index (χ2n) is 3.78. The van der Waals surface area contributed by atoms with Crippen molar-refractivity contribution in [2.75, 3.05) is 0 Å². The molecule has 0 bridgehead atoms. The molecule has 1 aliphatic rings. The third kappa shape index (κ3) is 2.28. The van der Waals surface area contributed by atoms with Gasteiger partial charge in [-0.05, 0) is 30.5 Å². The van der Waals surface area contributed by atoms with Crippen LogP contribution in [0.1, 0.15) is 24.8 Å². The molecule has 3 heteroatoms. The van der Waals surface area contributed by atoms with Gasteiger partial charge in [0, 0.05) is 17.1 Å². The summed E-state index contributed by atoms with van der Waals surface area (Å²) in [4.78, 5) is 0. The van der Waals surface area contributed by atoms with Crippen LogP contribution in [0.15, 0.2) is 22.7 Å². The molecule has 76 valence electrons. The SMILES string of the molecule is Oc1ccc(CNC2CCC2)c(Br)c1. The van der Waals surface area contributed by atoms with Crippen LogP contribution in [0.4, 0.5) is 0 Å². The van der Waals surface area contributed by atoms with Gasteiger partial charge in [0.25, 0.3) is 0 Å². The van der Waals surface area contributed by atoms with Gasteiger partial charge in [0.05, 0.1) is 0 Å². The Morgan fingerprint density at radius 3 is 2.79 bits per heavy atom. The van der Waals surface area contributed by atoms with E-state index in [9.17, 15) is 5.11 Å². The molecule has 1 fully saturated rings. The van der Waals surface area contributed by atoms with Crippen LogP contribution in [0.2, 0.25) is 0 Å². The molecule has 0 aromatic heterocycles. The second-order valence-corrected chi connectivity index (χ2v) is 4.64. The maximum atomic E-state index is 9.22. The number of nitrogens with one attached hydrogen (secondary N) is 1. The van der Waals surface area contributed by atoms with Crippen molar-refractivity contribution in [3.63, 3.8) is 0 Å². The second kappa shape index (κ2) is 4.32. The van der Waals surface area contributed by atoms with E-state index in [4.69, 9.17) is 0 Å². The van der Waals surface area contributed by atoms with Crippen molar-refractivity contribution < 1.29 is 5.11 Å². The van der Waals surface area contributed by atoms with Crippen LogP contribution < -0.4 is 5.32 Å². The van der Waals surface area contributed by atoms with Crippen molar-refractivity contribution >= 4 is 15.9 Å². The number of hydrogen-bond acceptors (Lipinski definition) is 2. The third-order valence-corrected chi connectivity index (χ3v) is 3.46. The minimum atomic E-state index is 0.310. The Labute approximate surface area is 92.5 Å². The smallest absolute Gasteiger partial charge is 0.116 e. The molecule has 1 aromatic rings. The van der Waals surface area contributed by atoms with Crippen molar-refractivity contribution in [2.24, 2.45) is 0 Å².